The van der Waals surface area contributed by atoms with Crippen LogP contribution in [-0.2, 0) is 22.6 Å². The summed E-state index contributed by atoms with van der Waals surface area (Å²) >= 11 is 5.77. The average Bonchev–Trinajstić information content (AvgIpc) is 2.62. The molecule has 138 valence electrons. The zero-order valence-corrected chi connectivity index (χ0v) is 14.7. The largest absolute Gasteiger partial charge is 0.481 e. The third kappa shape index (κ3) is 6.37. The molecule has 0 radical (unpaired) electrons. The molecule has 1 amide bonds. The van der Waals surface area contributed by atoms with Crippen molar-refractivity contribution in [3.05, 3.63) is 70.5 Å². The lowest BCUT2D eigenvalue weighted by Gasteiger charge is -2.18. The maximum Gasteiger partial charge on any atom is 0.407 e. The van der Waals surface area contributed by atoms with Crippen molar-refractivity contribution in [2.45, 2.75) is 31.9 Å². The van der Waals surface area contributed by atoms with Crippen molar-refractivity contribution in [1.82, 2.24) is 5.32 Å². The van der Waals surface area contributed by atoms with Crippen LogP contribution in [0.2, 0.25) is 5.02 Å². The van der Waals surface area contributed by atoms with Gasteiger partial charge < -0.3 is 15.2 Å². The number of alkyl carbamates (subject to hydrolysis) is 1. The zero-order valence-electron chi connectivity index (χ0n) is 14.0. The summed E-state index contributed by atoms with van der Waals surface area (Å²) in [6.07, 6.45) is -0.597. The lowest BCUT2D eigenvalue weighted by molar-refractivity contribution is -0.137. The molecular weight excluding hydrogens is 361 g/mol. The van der Waals surface area contributed by atoms with Gasteiger partial charge in [0.15, 0.2) is 0 Å². The fourth-order valence-corrected chi connectivity index (χ4v) is 2.62. The number of amides is 1. The van der Waals surface area contributed by atoms with Crippen molar-refractivity contribution in [3.63, 3.8) is 0 Å². The molecule has 0 saturated heterocycles. The van der Waals surface area contributed by atoms with E-state index in [4.69, 9.17) is 21.4 Å². The van der Waals surface area contributed by atoms with Gasteiger partial charge in [0.1, 0.15) is 12.4 Å². The normalized spacial score (nSPS) is 11.6. The summed E-state index contributed by atoms with van der Waals surface area (Å²) < 4.78 is 19.2. The van der Waals surface area contributed by atoms with Gasteiger partial charge in [0, 0.05) is 12.5 Å². The second-order valence-corrected chi connectivity index (χ2v) is 6.16. The maximum absolute atomic E-state index is 14.1. The third-order valence-corrected chi connectivity index (χ3v) is 4.03. The van der Waals surface area contributed by atoms with Gasteiger partial charge >= 0.3 is 12.1 Å². The van der Waals surface area contributed by atoms with E-state index in [1.165, 1.54) is 6.07 Å². The first-order valence-corrected chi connectivity index (χ1v) is 8.45. The zero-order chi connectivity index (χ0) is 18.9. The van der Waals surface area contributed by atoms with Gasteiger partial charge in [0.05, 0.1) is 5.02 Å². The van der Waals surface area contributed by atoms with Gasteiger partial charge in [-0.1, -0.05) is 54.1 Å². The van der Waals surface area contributed by atoms with Crippen molar-refractivity contribution in [3.8, 4) is 0 Å². The molecule has 0 aliphatic heterocycles. The Labute approximate surface area is 155 Å². The Morgan fingerprint density at radius 2 is 1.88 bits per heavy atom. The highest BCUT2D eigenvalue weighted by atomic mass is 35.5. The van der Waals surface area contributed by atoms with Crippen LogP contribution in [0.25, 0.3) is 0 Å². The highest BCUT2D eigenvalue weighted by Gasteiger charge is 2.18. The van der Waals surface area contributed by atoms with Crippen LogP contribution in [0.5, 0.6) is 0 Å². The van der Waals surface area contributed by atoms with Crippen LogP contribution in [0, 0.1) is 5.82 Å². The first-order valence-electron chi connectivity index (χ1n) is 8.07. The Kier molecular flexibility index (Phi) is 7.41. The van der Waals surface area contributed by atoms with Crippen molar-refractivity contribution in [2.75, 3.05) is 0 Å². The van der Waals surface area contributed by atoms with Gasteiger partial charge in [-0.25, -0.2) is 9.18 Å². The minimum atomic E-state index is -0.999. The standard InChI is InChI=1S/C19H19ClFNO4/c20-16-8-4-7-14(18(16)21)11-15(9-10-17(23)24)22-19(25)26-12-13-5-2-1-3-6-13/h1-8,15H,9-12H2,(H,22,25)(H,23,24). The number of benzene rings is 2. The first-order chi connectivity index (χ1) is 12.5. The van der Waals surface area contributed by atoms with Crippen LogP contribution in [0.4, 0.5) is 9.18 Å². The number of aliphatic carboxylic acids is 1. The number of carboxylic acids is 1. The molecule has 0 aliphatic carbocycles. The molecule has 2 rings (SSSR count). The summed E-state index contributed by atoms with van der Waals surface area (Å²) in [6, 6.07) is 13.1. The summed E-state index contributed by atoms with van der Waals surface area (Å²) in [4.78, 5) is 22.8. The summed E-state index contributed by atoms with van der Waals surface area (Å²) in [6.45, 7) is 0.0872. The second-order valence-electron chi connectivity index (χ2n) is 5.75. The number of carbonyl (C=O) groups excluding carboxylic acids is 1. The fourth-order valence-electron chi connectivity index (χ4n) is 2.43. The summed E-state index contributed by atoms with van der Waals surface area (Å²) in [7, 11) is 0. The minimum Gasteiger partial charge on any atom is -0.481 e. The Morgan fingerprint density at radius 3 is 2.58 bits per heavy atom. The van der Waals surface area contributed by atoms with E-state index in [9.17, 15) is 14.0 Å². The number of nitrogens with one attached hydrogen (secondary N) is 1. The van der Waals surface area contributed by atoms with E-state index >= 15 is 0 Å². The monoisotopic (exact) mass is 379 g/mol. The molecule has 1 unspecified atom stereocenters. The molecule has 0 aliphatic rings. The third-order valence-electron chi connectivity index (χ3n) is 3.74. The predicted molar refractivity (Wildman–Crippen MR) is 95.5 cm³/mol. The molecule has 0 heterocycles. The van der Waals surface area contributed by atoms with E-state index in [2.05, 4.69) is 5.32 Å². The summed E-state index contributed by atoms with van der Waals surface area (Å²) in [5.41, 5.74) is 1.13. The average molecular weight is 380 g/mol. The number of carboxylic acid groups (broad SMARTS) is 1. The maximum atomic E-state index is 14.1. The number of halogens is 2. The van der Waals surface area contributed by atoms with Crippen LogP contribution in [-0.4, -0.2) is 23.2 Å². The second kappa shape index (κ2) is 9.77. The summed E-state index contributed by atoms with van der Waals surface area (Å²) in [5.74, 6) is -1.57. The Balaban J connectivity index is 1.98. The molecule has 0 aromatic heterocycles. The molecule has 0 spiro atoms. The van der Waals surface area contributed by atoms with E-state index in [0.29, 0.717) is 5.56 Å². The van der Waals surface area contributed by atoms with Crippen LogP contribution in [0.3, 0.4) is 0 Å². The molecule has 2 aromatic rings. The van der Waals surface area contributed by atoms with Gasteiger partial charge in [-0.05, 0) is 30.0 Å². The highest BCUT2D eigenvalue weighted by molar-refractivity contribution is 6.30. The van der Waals surface area contributed by atoms with Gasteiger partial charge in [-0.2, -0.15) is 0 Å². The lowest BCUT2D eigenvalue weighted by atomic mass is 10.0. The minimum absolute atomic E-state index is 0.0221. The number of hydrogen-bond acceptors (Lipinski definition) is 3. The number of rotatable bonds is 8. The first kappa shape index (κ1) is 19.7. The van der Waals surface area contributed by atoms with Gasteiger partial charge in [0.25, 0.3) is 0 Å². The van der Waals surface area contributed by atoms with E-state index in [-0.39, 0.29) is 30.9 Å². The quantitative estimate of drug-likeness (QED) is 0.721. The fraction of sp³-hybridized carbons (Fsp3) is 0.263. The van der Waals surface area contributed by atoms with E-state index < -0.39 is 23.9 Å². The Hall–Kier alpha value is -2.60. The molecular formula is C19H19ClFNO4. The van der Waals surface area contributed by atoms with E-state index in [1.807, 2.05) is 30.3 Å². The highest BCUT2D eigenvalue weighted by Crippen LogP contribution is 2.20. The van der Waals surface area contributed by atoms with E-state index in [1.54, 1.807) is 12.1 Å². The molecule has 0 fully saturated rings. The van der Waals surface area contributed by atoms with Crippen LogP contribution < -0.4 is 5.32 Å². The molecule has 5 nitrogen and oxygen atoms in total. The SMILES string of the molecule is O=C(O)CCC(Cc1cccc(Cl)c1F)NC(=O)OCc1ccccc1. The smallest absolute Gasteiger partial charge is 0.407 e. The number of carbonyl (C=O) groups is 2. The molecule has 1 atom stereocenters. The molecule has 7 heteroatoms. The van der Waals surface area contributed by atoms with Crippen molar-refractivity contribution in [1.29, 1.82) is 0 Å². The molecule has 2 aromatic carbocycles. The molecule has 0 saturated carbocycles. The Bertz CT molecular complexity index is 754. The van der Waals surface area contributed by atoms with Crippen molar-refractivity contribution < 1.29 is 23.8 Å². The number of hydrogen-bond donors (Lipinski definition) is 2. The molecule has 26 heavy (non-hydrogen) atoms. The molecule has 2 N–H and O–H groups in total. The van der Waals surface area contributed by atoms with Gasteiger partial charge in [-0.3, -0.25) is 4.79 Å². The van der Waals surface area contributed by atoms with E-state index in [0.717, 1.165) is 5.56 Å². The van der Waals surface area contributed by atoms with Gasteiger partial charge in [-0.15, -0.1) is 0 Å². The van der Waals surface area contributed by atoms with Gasteiger partial charge in [0.2, 0.25) is 0 Å². The van der Waals surface area contributed by atoms with Crippen LogP contribution in [0.15, 0.2) is 48.5 Å². The van der Waals surface area contributed by atoms with Crippen molar-refractivity contribution >= 4 is 23.7 Å². The summed E-state index contributed by atoms with van der Waals surface area (Å²) in [5, 5.41) is 11.5. The lowest BCUT2D eigenvalue weighted by Crippen LogP contribution is -2.37. The van der Waals surface area contributed by atoms with Crippen molar-refractivity contribution in [2.24, 2.45) is 0 Å². The molecule has 0 bridgehead atoms. The predicted octanol–water partition coefficient (Wildman–Crippen LogP) is 4.18. The van der Waals surface area contributed by atoms with Crippen LogP contribution >= 0.6 is 11.6 Å². The topological polar surface area (TPSA) is 75.6 Å². The van der Waals surface area contributed by atoms with Crippen LogP contribution in [0.1, 0.15) is 24.0 Å². The number of ether oxygens (including phenoxy) is 1. The Morgan fingerprint density at radius 1 is 1.15 bits per heavy atom.